The summed E-state index contributed by atoms with van der Waals surface area (Å²) in [7, 11) is 1.41. The minimum absolute atomic E-state index is 0. The number of nitrogens with zero attached hydrogens (tertiary/aromatic N) is 1. The van der Waals surface area contributed by atoms with E-state index in [9.17, 15) is 8.78 Å². The van der Waals surface area contributed by atoms with E-state index in [2.05, 4.69) is 20.4 Å². The summed E-state index contributed by atoms with van der Waals surface area (Å²) in [5.74, 6) is 1.43. The second-order valence-corrected chi connectivity index (χ2v) is 6.64. The van der Waals surface area contributed by atoms with Gasteiger partial charge >= 0.3 is 6.61 Å². The number of halogens is 3. The van der Waals surface area contributed by atoms with Crippen molar-refractivity contribution in [1.29, 1.82) is 0 Å². The number of guanidine groups is 1. The monoisotopic (exact) mass is 543 g/mol. The highest BCUT2D eigenvalue weighted by molar-refractivity contribution is 14.0. The number of rotatable bonds is 12. The number of methoxy groups -OCH3 is 1. The zero-order valence-electron chi connectivity index (χ0n) is 17.5. The van der Waals surface area contributed by atoms with Crippen LogP contribution in [0.15, 0.2) is 23.2 Å². The fourth-order valence-electron chi connectivity index (χ4n) is 2.87. The topological polar surface area (TPSA) is 73.3 Å². The molecule has 0 radical (unpaired) electrons. The Kier molecular flexibility index (Phi) is 13.7. The van der Waals surface area contributed by atoms with Crippen LogP contribution in [0.5, 0.6) is 11.5 Å². The Morgan fingerprint density at radius 2 is 2.13 bits per heavy atom. The predicted octanol–water partition coefficient (Wildman–Crippen LogP) is 3.41. The quantitative estimate of drug-likeness (QED) is 0.182. The molecule has 2 N–H and O–H groups in total. The molecule has 0 bridgehead atoms. The Bertz CT molecular complexity index is 632. The molecule has 30 heavy (non-hydrogen) atoms. The first-order valence-corrected chi connectivity index (χ1v) is 9.91. The van der Waals surface area contributed by atoms with E-state index in [1.165, 1.54) is 13.2 Å². The smallest absolute Gasteiger partial charge is 0.387 e. The first kappa shape index (κ1) is 26.6. The van der Waals surface area contributed by atoms with Crippen molar-refractivity contribution >= 4 is 29.9 Å². The molecule has 1 heterocycles. The van der Waals surface area contributed by atoms with Crippen molar-refractivity contribution in [3.63, 3.8) is 0 Å². The molecule has 172 valence electrons. The standard InChI is InChI=1S/C20H31F2N3O4.HI/c1-3-23-20(24-8-4-9-27-13-16-7-10-28-14-16)25-12-15-5-6-17(26-2)18(11-15)29-19(21)22;/h5-6,11,16,19H,3-4,7-10,12-14H2,1-2H3,(H2,23,24,25);1H. The normalized spacial score (nSPS) is 16.3. The van der Waals surface area contributed by atoms with E-state index in [1.807, 2.05) is 6.92 Å². The lowest BCUT2D eigenvalue weighted by Crippen LogP contribution is -2.38. The molecule has 1 aromatic rings. The first-order chi connectivity index (χ1) is 14.1. The maximum atomic E-state index is 12.6. The average molecular weight is 543 g/mol. The summed E-state index contributed by atoms with van der Waals surface area (Å²) in [6.45, 7) is 3.87. The van der Waals surface area contributed by atoms with Gasteiger partial charge in [-0.05, 0) is 37.5 Å². The molecule has 1 aliphatic heterocycles. The largest absolute Gasteiger partial charge is 0.493 e. The zero-order chi connectivity index (χ0) is 20.9. The van der Waals surface area contributed by atoms with E-state index in [0.29, 0.717) is 31.6 Å². The summed E-state index contributed by atoms with van der Waals surface area (Å²) in [6.07, 6.45) is 1.93. The van der Waals surface area contributed by atoms with Crippen molar-refractivity contribution in [2.45, 2.75) is 32.9 Å². The summed E-state index contributed by atoms with van der Waals surface area (Å²) < 4.78 is 45.7. The molecular formula is C20H32F2IN3O4. The van der Waals surface area contributed by atoms with Crippen LogP contribution in [0.1, 0.15) is 25.3 Å². The van der Waals surface area contributed by atoms with Gasteiger partial charge in [0.2, 0.25) is 0 Å². The van der Waals surface area contributed by atoms with Gasteiger partial charge in [0.25, 0.3) is 0 Å². The second kappa shape index (κ2) is 15.4. The molecule has 1 fully saturated rings. The molecule has 0 saturated carbocycles. The molecule has 0 aromatic heterocycles. The molecule has 7 nitrogen and oxygen atoms in total. The van der Waals surface area contributed by atoms with Gasteiger partial charge in [0.15, 0.2) is 17.5 Å². The Morgan fingerprint density at radius 1 is 1.30 bits per heavy atom. The van der Waals surface area contributed by atoms with Crippen molar-refractivity contribution in [3.8, 4) is 11.5 Å². The molecule has 10 heteroatoms. The minimum atomic E-state index is -2.91. The van der Waals surface area contributed by atoms with Gasteiger partial charge in [-0.3, -0.25) is 0 Å². The van der Waals surface area contributed by atoms with Gasteiger partial charge in [-0.2, -0.15) is 8.78 Å². The molecule has 0 aliphatic carbocycles. The number of ether oxygens (including phenoxy) is 4. The fraction of sp³-hybridized carbons (Fsp3) is 0.650. The van der Waals surface area contributed by atoms with Crippen LogP contribution in [0.3, 0.4) is 0 Å². The predicted molar refractivity (Wildman–Crippen MR) is 122 cm³/mol. The summed E-state index contributed by atoms with van der Waals surface area (Å²) in [4.78, 5) is 4.49. The maximum Gasteiger partial charge on any atom is 0.387 e. The van der Waals surface area contributed by atoms with Crippen LogP contribution in [0.4, 0.5) is 8.78 Å². The van der Waals surface area contributed by atoms with Crippen molar-refractivity contribution < 1.29 is 27.7 Å². The second-order valence-electron chi connectivity index (χ2n) is 6.64. The van der Waals surface area contributed by atoms with Crippen LogP contribution < -0.4 is 20.1 Å². The van der Waals surface area contributed by atoms with Crippen molar-refractivity contribution in [2.75, 3.05) is 46.6 Å². The van der Waals surface area contributed by atoms with E-state index >= 15 is 0 Å². The highest BCUT2D eigenvalue weighted by Gasteiger charge is 2.15. The van der Waals surface area contributed by atoms with Crippen LogP contribution >= 0.6 is 24.0 Å². The SMILES string of the molecule is CCNC(=NCc1ccc(OC)c(OC(F)F)c1)NCCCOCC1CCOC1.I. The van der Waals surface area contributed by atoms with Gasteiger partial charge in [0.1, 0.15) is 0 Å². The Balaban J connectivity index is 0.00000450. The fourth-order valence-corrected chi connectivity index (χ4v) is 2.87. The van der Waals surface area contributed by atoms with Gasteiger partial charge < -0.3 is 29.6 Å². The number of alkyl halides is 2. The number of aliphatic imine (C=N–C) groups is 1. The van der Waals surface area contributed by atoms with Crippen molar-refractivity contribution in [1.82, 2.24) is 10.6 Å². The lowest BCUT2D eigenvalue weighted by molar-refractivity contribution is -0.0512. The summed E-state index contributed by atoms with van der Waals surface area (Å²) in [5.41, 5.74) is 0.737. The summed E-state index contributed by atoms with van der Waals surface area (Å²) in [5, 5.41) is 6.41. The molecule has 1 atom stereocenters. The third kappa shape index (κ3) is 10.1. The molecule has 0 spiro atoms. The lowest BCUT2D eigenvalue weighted by atomic mass is 10.1. The summed E-state index contributed by atoms with van der Waals surface area (Å²) in [6, 6.07) is 4.87. The molecular weight excluding hydrogens is 511 g/mol. The third-order valence-corrected chi connectivity index (χ3v) is 4.34. The van der Waals surface area contributed by atoms with Crippen LogP contribution in [-0.2, 0) is 16.0 Å². The molecule has 0 amide bonds. The van der Waals surface area contributed by atoms with E-state index in [1.54, 1.807) is 12.1 Å². The van der Waals surface area contributed by atoms with Crippen molar-refractivity contribution in [3.05, 3.63) is 23.8 Å². The molecule has 2 rings (SSSR count). The molecule has 1 saturated heterocycles. The average Bonchev–Trinajstić information content (AvgIpc) is 3.22. The highest BCUT2D eigenvalue weighted by Crippen LogP contribution is 2.29. The third-order valence-electron chi connectivity index (χ3n) is 4.34. The van der Waals surface area contributed by atoms with Crippen LogP contribution in [-0.4, -0.2) is 59.2 Å². The van der Waals surface area contributed by atoms with Gasteiger partial charge in [-0.1, -0.05) is 6.07 Å². The Labute approximate surface area is 193 Å². The Morgan fingerprint density at radius 3 is 2.80 bits per heavy atom. The van der Waals surface area contributed by atoms with E-state index in [0.717, 1.165) is 44.8 Å². The van der Waals surface area contributed by atoms with Crippen molar-refractivity contribution in [2.24, 2.45) is 10.9 Å². The van der Waals surface area contributed by atoms with Crippen LogP contribution in [0.2, 0.25) is 0 Å². The van der Waals surface area contributed by atoms with Gasteiger partial charge in [-0.25, -0.2) is 4.99 Å². The van der Waals surface area contributed by atoms with Crippen LogP contribution in [0, 0.1) is 5.92 Å². The van der Waals surface area contributed by atoms with E-state index < -0.39 is 6.61 Å². The molecule has 1 unspecified atom stereocenters. The molecule has 1 aromatic carbocycles. The van der Waals surface area contributed by atoms with Gasteiger partial charge in [0.05, 0.1) is 26.9 Å². The highest BCUT2D eigenvalue weighted by atomic mass is 127. The number of benzene rings is 1. The zero-order valence-corrected chi connectivity index (χ0v) is 19.8. The number of nitrogens with one attached hydrogen (secondary N) is 2. The van der Waals surface area contributed by atoms with E-state index in [-0.39, 0.29) is 35.5 Å². The van der Waals surface area contributed by atoms with Gasteiger partial charge in [-0.15, -0.1) is 24.0 Å². The van der Waals surface area contributed by atoms with E-state index in [4.69, 9.17) is 14.2 Å². The maximum absolute atomic E-state index is 12.6. The van der Waals surface area contributed by atoms with Gasteiger partial charge in [0, 0.05) is 32.2 Å². The minimum Gasteiger partial charge on any atom is -0.493 e. The number of hydrogen-bond acceptors (Lipinski definition) is 5. The number of hydrogen-bond donors (Lipinski definition) is 2. The Hall–Kier alpha value is -1.40. The lowest BCUT2D eigenvalue weighted by Gasteiger charge is -2.13. The summed E-state index contributed by atoms with van der Waals surface area (Å²) >= 11 is 0. The first-order valence-electron chi connectivity index (χ1n) is 9.91. The molecule has 1 aliphatic rings. The van der Waals surface area contributed by atoms with Crippen LogP contribution in [0.25, 0.3) is 0 Å².